The van der Waals surface area contributed by atoms with Crippen molar-refractivity contribution in [1.29, 1.82) is 0 Å². The molecule has 0 N–H and O–H groups in total. The fourth-order valence-corrected chi connectivity index (χ4v) is 5.13. The number of carbonyl (C=O) groups excluding carboxylic acids is 1. The summed E-state index contributed by atoms with van der Waals surface area (Å²) < 4.78 is 40.5. The summed E-state index contributed by atoms with van der Waals surface area (Å²) in [6, 6.07) is 12.1. The van der Waals surface area contributed by atoms with Crippen molar-refractivity contribution in [3.63, 3.8) is 0 Å². The van der Waals surface area contributed by atoms with Crippen molar-refractivity contribution in [2.75, 3.05) is 0 Å². The molecule has 0 radical (unpaired) electrons. The number of benzene rings is 2. The molecule has 2 rings (SSSR count). The van der Waals surface area contributed by atoms with Crippen LogP contribution in [0.15, 0.2) is 59.5 Å². The van der Waals surface area contributed by atoms with Gasteiger partial charge >= 0.3 is 5.97 Å². The zero-order valence-corrected chi connectivity index (χ0v) is 22.0. The fourth-order valence-electron chi connectivity index (χ4n) is 3.50. The molecule has 2 aromatic rings. The Morgan fingerprint density at radius 2 is 1.51 bits per heavy atom. The van der Waals surface area contributed by atoms with E-state index in [1.54, 1.807) is 58.0 Å². The molecule has 0 aliphatic carbocycles. The molecule has 0 spiro atoms. The van der Waals surface area contributed by atoms with Gasteiger partial charge in [0.1, 0.15) is 11.6 Å². The lowest BCUT2D eigenvalue weighted by Gasteiger charge is -2.37. The van der Waals surface area contributed by atoms with Crippen LogP contribution in [0.4, 0.5) is 5.69 Å². The first-order chi connectivity index (χ1) is 16.0. The van der Waals surface area contributed by atoms with Gasteiger partial charge in [-0.15, -0.1) is 0 Å². The average molecular weight is 507 g/mol. The Labute approximate surface area is 207 Å². The second kappa shape index (κ2) is 10.8. The van der Waals surface area contributed by atoms with E-state index in [1.807, 2.05) is 20.8 Å². The quantitative estimate of drug-likeness (QED) is 0.275. The van der Waals surface area contributed by atoms with Crippen LogP contribution in [0, 0.1) is 10.1 Å². The van der Waals surface area contributed by atoms with Crippen LogP contribution in [0.1, 0.15) is 54.0 Å². The van der Waals surface area contributed by atoms with Gasteiger partial charge in [0.25, 0.3) is 5.69 Å². The maximum Gasteiger partial charge on any atom is 0.327 e. The van der Waals surface area contributed by atoms with Gasteiger partial charge in [-0.25, -0.2) is 8.42 Å². The monoisotopic (exact) mass is 506 g/mol. The molecule has 0 aliphatic heterocycles. The van der Waals surface area contributed by atoms with Crippen LogP contribution in [0.2, 0.25) is 0 Å². The summed E-state index contributed by atoms with van der Waals surface area (Å²) in [5.74, 6) is -0.754. The number of sulfonamides is 1. The van der Waals surface area contributed by atoms with Gasteiger partial charge in [0.2, 0.25) is 10.0 Å². The van der Waals surface area contributed by atoms with Gasteiger partial charge < -0.3 is 9.47 Å². The predicted molar refractivity (Wildman–Crippen MR) is 132 cm³/mol. The Morgan fingerprint density at radius 1 is 0.971 bits per heavy atom. The molecule has 0 bridgehead atoms. The highest BCUT2D eigenvalue weighted by Crippen LogP contribution is 2.28. The Morgan fingerprint density at radius 3 is 1.97 bits per heavy atom. The van der Waals surface area contributed by atoms with Crippen molar-refractivity contribution >= 4 is 21.7 Å². The molecule has 1 unspecified atom stereocenters. The van der Waals surface area contributed by atoms with E-state index in [1.165, 1.54) is 0 Å². The van der Waals surface area contributed by atoms with Crippen molar-refractivity contribution in [2.24, 2.45) is 0 Å². The number of ether oxygens (including phenoxy) is 2. The van der Waals surface area contributed by atoms with Crippen molar-refractivity contribution in [2.45, 2.75) is 83.3 Å². The lowest BCUT2D eigenvalue weighted by molar-refractivity contribution is -0.384. The van der Waals surface area contributed by atoms with Crippen LogP contribution in [0.3, 0.4) is 0 Å². The number of non-ortho nitro benzene ring substituents is 1. The molecule has 0 saturated carbocycles. The summed E-state index contributed by atoms with van der Waals surface area (Å²) in [4.78, 5) is 23.7. The van der Waals surface area contributed by atoms with Gasteiger partial charge in [-0.3, -0.25) is 14.9 Å². The normalized spacial score (nSPS) is 14.4. The molecule has 192 valence electrons. The van der Waals surface area contributed by atoms with E-state index in [0.717, 1.165) is 28.6 Å². The maximum absolute atomic E-state index is 13.9. The minimum absolute atomic E-state index is 0.137. The van der Waals surface area contributed by atoms with E-state index in [2.05, 4.69) is 0 Å². The summed E-state index contributed by atoms with van der Waals surface area (Å²) >= 11 is 0. The molecule has 0 amide bonds. The van der Waals surface area contributed by atoms with Crippen LogP contribution >= 0.6 is 0 Å². The molecule has 10 heteroatoms. The lowest BCUT2D eigenvalue weighted by Crippen LogP contribution is -2.54. The molecule has 0 fully saturated rings. The van der Waals surface area contributed by atoms with Gasteiger partial charge in [0.15, 0.2) is 0 Å². The maximum atomic E-state index is 13.9. The van der Waals surface area contributed by atoms with Gasteiger partial charge in [0, 0.05) is 18.7 Å². The minimum atomic E-state index is -4.31. The SMILES string of the molecule is CC(OC(C)(C)C)[C@@H](C(=O)OC(C)(C)C)N(Cc1ccccc1)S(=O)(=O)c1ccc([N+](=O)[O-])cc1. The van der Waals surface area contributed by atoms with E-state index in [4.69, 9.17) is 9.47 Å². The Hall–Kier alpha value is -2.82. The number of esters is 1. The molecule has 35 heavy (non-hydrogen) atoms. The van der Waals surface area contributed by atoms with Gasteiger partial charge in [-0.1, -0.05) is 30.3 Å². The summed E-state index contributed by atoms with van der Waals surface area (Å²) in [6.07, 6.45) is -0.874. The standard InChI is InChI=1S/C25H34N2O7S/c1-18(33-24(2,3)4)22(23(28)34-25(5,6)7)26(17-19-11-9-8-10-12-19)35(31,32)21-15-13-20(14-16-21)27(29)30/h8-16,18,22H,17H2,1-7H3/t18?,22-/m0/s1. The zero-order valence-electron chi connectivity index (χ0n) is 21.2. The number of hydrogen-bond acceptors (Lipinski definition) is 7. The first-order valence-corrected chi connectivity index (χ1v) is 12.7. The third-order valence-corrected chi connectivity index (χ3v) is 6.62. The molecular weight excluding hydrogens is 472 g/mol. The third kappa shape index (κ3) is 8.12. The van der Waals surface area contributed by atoms with E-state index in [0.29, 0.717) is 5.56 Å². The van der Waals surface area contributed by atoms with Crippen LogP contribution in [0.25, 0.3) is 0 Å². The molecule has 9 nitrogen and oxygen atoms in total. The first kappa shape index (κ1) is 28.4. The van der Waals surface area contributed by atoms with Crippen molar-refractivity contribution in [1.82, 2.24) is 4.31 Å². The lowest BCUT2D eigenvalue weighted by atomic mass is 10.1. The highest BCUT2D eigenvalue weighted by atomic mass is 32.2. The third-order valence-electron chi connectivity index (χ3n) is 4.78. The minimum Gasteiger partial charge on any atom is -0.459 e. The number of nitro groups is 1. The van der Waals surface area contributed by atoms with E-state index in [-0.39, 0.29) is 17.1 Å². The summed E-state index contributed by atoms with van der Waals surface area (Å²) in [7, 11) is -4.31. The van der Waals surface area contributed by atoms with Gasteiger partial charge in [0.05, 0.1) is 21.5 Å². The summed E-state index contributed by atoms with van der Waals surface area (Å²) in [5.41, 5.74) is -1.14. The van der Waals surface area contributed by atoms with Gasteiger partial charge in [-0.05, 0) is 66.2 Å². The molecule has 2 aromatic carbocycles. The zero-order chi connectivity index (χ0) is 26.6. The van der Waals surface area contributed by atoms with Crippen molar-refractivity contribution in [3.05, 3.63) is 70.3 Å². The van der Waals surface area contributed by atoms with Crippen LogP contribution < -0.4 is 0 Å². The van der Waals surface area contributed by atoms with Gasteiger partial charge in [-0.2, -0.15) is 4.31 Å². The van der Waals surface area contributed by atoms with E-state index < -0.39 is 44.3 Å². The molecule has 0 aliphatic rings. The van der Waals surface area contributed by atoms with Crippen LogP contribution in [-0.2, 0) is 30.8 Å². The number of carbonyl (C=O) groups is 1. The van der Waals surface area contributed by atoms with E-state index >= 15 is 0 Å². The molecule has 0 heterocycles. The summed E-state index contributed by atoms with van der Waals surface area (Å²) in [6.45, 7) is 12.0. The average Bonchev–Trinajstić information content (AvgIpc) is 2.71. The number of nitro benzene ring substituents is 1. The fraction of sp³-hybridized carbons (Fsp3) is 0.480. The molecule has 0 saturated heterocycles. The van der Waals surface area contributed by atoms with Crippen molar-refractivity contribution < 1.29 is 27.6 Å². The molecule has 0 aromatic heterocycles. The predicted octanol–water partition coefficient (Wildman–Crippen LogP) is 4.70. The Balaban J connectivity index is 2.66. The van der Waals surface area contributed by atoms with Crippen LogP contribution in [-0.4, -0.2) is 47.0 Å². The summed E-state index contributed by atoms with van der Waals surface area (Å²) in [5, 5.41) is 11.1. The Bertz CT molecular complexity index is 1120. The smallest absolute Gasteiger partial charge is 0.327 e. The number of hydrogen-bond donors (Lipinski definition) is 0. The molecule has 2 atom stereocenters. The first-order valence-electron chi connectivity index (χ1n) is 11.2. The number of rotatable bonds is 9. The van der Waals surface area contributed by atoms with Crippen molar-refractivity contribution in [3.8, 4) is 0 Å². The highest BCUT2D eigenvalue weighted by molar-refractivity contribution is 7.89. The second-order valence-corrected chi connectivity index (χ2v) is 12.1. The number of nitrogens with zero attached hydrogens (tertiary/aromatic N) is 2. The topological polar surface area (TPSA) is 116 Å². The second-order valence-electron chi connectivity index (χ2n) is 10.2. The van der Waals surface area contributed by atoms with Crippen LogP contribution in [0.5, 0.6) is 0 Å². The largest absolute Gasteiger partial charge is 0.459 e. The van der Waals surface area contributed by atoms with E-state index in [9.17, 15) is 23.3 Å². The molecular formula is C25H34N2O7S. The highest BCUT2D eigenvalue weighted by Gasteiger charge is 2.43. The Kier molecular flexibility index (Phi) is 8.80.